The number of nitrogens with zero attached hydrogens (tertiary/aromatic N) is 1. The predicted octanol–water partition coefficient (Wildman–Crippen LogP) is 4.57. The van der Waals surface area contributed by atoms with E-state index in [9.17, 15) is 13.2 Å². The standard InChI is InChI=1S/C22H21ClN2O4S/c1-16(22(26)24-18-6-4-3-5-7-18)29-20-12-10-19(11-13-20)25(2)30(27,28)21-14-8-17(23)9-15-21/h3-16H,1-2H3,(H,24,26). The highest BCUT2D eigenvalue weighted by Gasteiger charge is 2.21. The van der Waals surface area contributed by atoms with Crippen LogP contribution in [0, 0.1) is 0 Å². The van der Waals surface area contributed by atoms with Gasteiger partial charge in [0, 0.05) is 17.8 Å². The van der Waals surface area contributed by atoms with Gasteiger partial charge in [0.25, 0.3) is 15.9 Å². The third kappa shape index (κ3) is 5.11. The molecule has 1 atom stereocenters. The molecule has 0 saturated heterocycles. The molecule has 0 saturated carbocycles. The average molecular weight is 445 g/mol. The zero-order chi connectivity index (χ0) is 21.7. The van der Waals surface area contributed by atoms with E-state index >= 15 is 0 Å². The third-order valence-electron chi connectivity index (χ3n) is 4.40. The smallest absolute Gasteiger partial charge is 0.265 e. The lowest BCUT2D eigenvalue weighted by atomic mass is 10.3. The van der Waals surface area contributed by atoms with Crippen molar-refractivity contribution in [1.29, 1.82) is 0 Å². The summed E-state index contributed by atoms with van der Waals surface area (Å²) in [5.74, 6) is 0.166. The minimum atomic E-state index is -3.72. The lowest BCUT2D eigenvalue weighted by Crippen LogP contribution is -2.30. The van der Waals surface area contributed by atoms with Gasteiger partial charge in [0.15, 0.2) is 6.10 Å². The van der Waals surface area contributed by atoms with Gasteiger partial charge in [-0.05, 0) is 67.6 Å². The van der Waals surface area contributed by atoms with Crippen molar-refractivity contribution in [1.82, 2.24) is 0 Å². The summed E-state index contributed by atoms with van der Waals surface area (Å²) in [4.78, 5) is 12.4. The topological polar surface area (TPSA) is 75.7 Å². The molecule has 0 aliphatic rings. The number of hydrogen-bond acceptors (Lipinski definition) is 4. The molecule has 1 N–H and O–H groups in total. The Morgan fingerprint density at radius 2 is 1.57 bits per heavy atom. The fourth-order valence-electron chi connectivity index (χ4n) is 2.66. The highest BCUT2D eigenvalue weighted by molar-refractivity contribution is 7.92. The number of amides is 1. The van der Waals surface area contributed by atoms with Gasteiger partial charge in [-0.2, -0.15) is 0 Å². The van der Waals surface area contributed by atoms with E-state index < -0.39 is 16.1 Å². The molecule has 156 valence electrons. The van der Waals surface area contributed by atoms with Crippen LogP contribution in [0.25, 0.3) is 0 Å². The van der Waals surface area contributed by atoms with Gasteiger partial charge in [-0.15, -0.1) is 0 Å². The third-order valence-corrected chi connectivity index (χ3v) is 6.45. The van der Waals surface area contributed by atoms with Crippen molar-refractivity contribution < 1.29 is 17.9 Å². The van der Waals surface area contributed by atoms with E-state index in [1.165, 1.54) is 35.6 Å². The zero-order valence-corrected chi connectivity index (χ0v) is 18.0. The first-order valence-electron chi connectivity index (χ1n) is 9.14. The molecule has 1 amide bonds. The van der Waals surface area contributed by atoms with Gasteiger partial charge >= 0.3 is 0 Å². The summed E-state index contributed by atoms with van der Waals surface area (Å²) in [6, 6.07) is 21.5. The Hall–Kier alpha value is -3.03. The van der Waals surface area contributed by atoms with Crippen LogP contribution in [0.5, 0.6) is 5.75 Å². The number of carbonyl (C=O) groups excluding carboxylic acids is 1. The molecular formula is C22H21ClN2O4S. The van der Waals surface area contributed by atoms with Crippen LogP contribution in [0.2, 0.25) is 5.02 Å². The van der Waals surface area contributed by atoms with Crippen LogP contribution >= 0.6 is 11.6 Å². The van der Waals surface area contributed by atoms with Crippen LogP contribution in [0.15, 0.2) is 83.8 Å². The van der Waals surface area contributed by atoms with E-state index in [4.69, 9.17) is 16.3 Å². The van der Waals surface area contributed by atoms with Crippen LogP contribution in [0.3, 0.4) is 0 Å². The van der Waals surface area contributed by atoms with Gasteiger partial charge in [-0.1, -0.05) is 29.8 Å². The number of halogens is 1. The maximum absolute atomic E-state index is 12.8. The summed E-state index contributed by atoms with van der Waals surface area (Å²) < 4.78 is 32.4. The number of rotatable bonds is 7. The summed E-state index contributed by atoms with van der Waals surface area (Å²) in [5.41, 5.74) is 1.14. The molecular weight excluding hydrogens is 424 g/mol. The fraction of sp³-hybridized carbons (Fsp3) is 0.136. The Bertz CT molecular complexity index is 1100. The maximum atomic E-state index is 12.8. The Balaban J connectivity index is 1.66. The molecule has 1 unspecified atom stereocenters. The Morgan fingerprint density at radius 1 is 0.967 bits per heavy atom. The van der Waals surface area contributed by atoms with Crippen molar-refractivity contribution in [2.45, 2.75) is 17.9 Å². The molecule has 3 rings (SSSR count). The van der Waals surface area contributed by atoms with Crippen LogP contribution in [0.1, 0.15) is 6.92 Å². The van der Waals surface area contributed by atoms with Crippen molar-refractivity contribution in [2.24, 2.45) is 0 Å². The van der Waals surface area contributed by atoms with Crippen molar-refractivity contribution in [3.05, 3.63) is 83.9 Å². The van der Waals surface area contributed by atoms with E-state index in [1.807, 2.05) is 18.2 Å². The van der Waals surface area contributed by atoms with Crippen molar-refractivity contribution in [3.63, 3.8) is 0 Å². The normalized spacial score (nSPS) is 12.1. The van der Waals surface area contributed by atoms with Gasteiger partial charge < -0.3 is 10.1 Å². The van der Waals surface area contributed by atoms with Crippen molar-refractivity contribution >= 4 is 38.9 Å². The molecule has 8 heteroatoms. The minimum absolute atomic E-state index is 0.140. The van der Waals surface area contributed by atoms with Gasteiger partial charge in [0.05, 0.1) is 10.6 Å². The van der Waals surface area contributed by atoms with E-state index in [-0.39, 0.29) is 10.8 Å². The maximum Gasteiger partial charge on any atom is 0.265 e. The number of carbonyl (C=O) groups is 1. The predicted molar refractivity (Wildman–Crippen MR) is 119 cm³/mol. The summed E-state index contributed by atoms with van der Waals surface area (Å²) in [5, 5.41) is 3.23. The summed E-state index contributed by atoms with van der Waals surface area (Å²) in [6.45, 7) is 1.64. The highest BCUT2D eigenvalue weighted by Crippen LogP contribution is 2.25. The van der Waals surface area contributed by atoms with Gasteiger partial charge in [0.1, 0.15) is 5.75 Å². The fourth-order valence-corrected chi connectivity index (χ4v) is 3.98. The molecule has 0 bridgehead atoms. The lowest BCUT2D eigenvalue weighted by Gasteiger charge is -2.20. The molecule has 0 radical (unpaired) electrons. The Labute approximate surface area is 181 Å². The number of ether oxygens (including phenoxy) is 1. The number of hydrogen-bond donors (Lipinski definition) is 1. The molecule has 3 aromatic carbocycles. The second-order valence-electron chi connectivity index (χ2n) is 6.54. The molecule has 0 heterocycles. The summed E-state index contributed by atoms with van der Waals surface area (Å²) >= 11 is 5.83. The van der Waals surface area contributed by atoms with Gasteiger partial charge in [0.2, 0.25) is 0 Å². The number of sulfonamides is 1. The van der Waals surface area contributed by atoms with Crippen LogP contribution in [-0.4, -0.2) is 27.5 Å². The molecule has 0 spiro atoms. The second kappa shape index (κ2) is 9.19. The number of anilines is 2. The Morgan fingerprint density at radius 3 is 2.17 bits per heavy atom. The SMILES string of the molecule is CC(Oc1ccc(N(C)S(=O)(=O)c2ccc(Cl)cc2)cc1)C(=O)Nc1ccccc1. The number of benzene rings is 3. The second-order valence-corrected chi connectivity index (χ2v) is 8.94. The molecule has 6 nitrogen and oxygen atoms in total. The van der Waals surface area contributed by atoms with E-state index in [2.05, 4.69) is 5.32 Å². The highest BCUT2D eigenvalue weighted by atomic mass is 35.5. The first kappa shape index (κ1) is 21.7. The van der Waals surface area contributed by atoms with Crippen molar-refractivity contribution in [3.8, 4) is 5.75 Å². The molecule has 3 aromatic rings. The minimum Gasteiger partial charge on any atom is -0.481 e. The summed E-state index contributed by atoms with van der Waals surface area (Å²) in [6.07, 6.45) is -0.730. The van der Waals surface area contributed by atoms with Crippen LogP contribution < -0.4 is 14.4 Å². The van der Waals surface area contributed by atoms with Gasteiger partial charge in [-0.3, -0.25) is 9.10 Å². The largest absolute Gasteiger partial charge is 0.481 e. The van der Waals surface area contributed by atoms with E-state index in [0.29, 0.717) is 22.1 Å². The molecule has 0 aliphatic carbocycles. The number of para-hydroxylation sites is 1. The first-order chi connectivity index (χ1) is 14.3. The van der Waals surface area contributed by atoms with E-state index in [1.54, 1.807) is 43.3 Å². The Kier molecular flexibility index (Phi) is 6.64. The average Bonchev–Trinajstić information content (AvgIpc) is 2.74. The first-order valence-corrected chi connectivity index (χ1v) is 11.0. The lowest BCUT2D eigenvalue weighted by molar-refractivity contribution is -0.122. The monoisotopic (exact) mass is 444 g/mol. The molecule has 0 aliphatic heterocycles. The van der Waals surface area contributed by atoms with Crippen LogP contribution in [-0.2, 0) is 14.8 Å². The van der Waals surface area contributed by atoms with E-state index in [0.717, 1.165) is 0 Å². The number of nitrogens with one attached hydrogen (secondary N) is 1. The molecule has 0 aromatic heterocycles. The summed E-state index contributed by atoms with van der Waals surface area (Å²) in [7, 11) is -2.25. The van der Waals surface area contributed by atoms with Crippen molar-refractivity contribution in [2.75, 3.05) is 16.7 Å². The zero-order valence-electron chi connectivity index (χ0n) is 16.4. The quantitative estimate of drug-likeness (QED) is 0.579. The van der Waals surface area contributed by atoms with Gasteiger partial charge in [-0.25, -0.2) is 8.42 Å². The molecule has 30 heavy (non-hydrogen) atoms. The van der Waals surface area contributed by atoms with Crippen LogP contribution in [0.4, 0.5) is 11.4 Å². The molecule has 0 fully saturated rings.